The molecule has 0 aliphatic carbocycles. The van der Waals surface area contributed by atoms with Crippen LogP contribution >= 0.6 is 23.4 Å². The minimum atomic E-state index is -3.62. The molecule has 1 saturated heterocycles. The van der Waals surface area contributed by atoms with E-state index in [1.807, 2.05) is 11.8 Å². The van der Waals surface area contributed by atoms with Gasteiger partial charge in [0.1, 0.15) is 5.15 Å². The predicted molar refractivity (Wildman–Crippen MR) is 77.2 cm³/mol. The van der Waals surface area contributed by atoms with Crippen molar-refractivity contribution in [1.29, 1.82) is 0 Å². The van der Waals surface area contributed by atoms with Gasteiger partial charge < -0.3 is 9.47 Å². The van der Waals surface area contributed by atoms with E-state index in [2.05, 4.69) is 14.6 Å². The molecule has 1 aliphatic rings. The highest BCUT2D eigenvalue weighted by Gasteiger charge is 2.22. The van der Waals surface area contributed by atoms with Crippen molar-refractivity contribution in [3.63, 3.8) is 0 Å². The Morgan fingerprint density at radius 1 is 1.47 bits per heavy atom. The van der Waals surface area contributed by atoms with Crippen LogP contribution in [0.15, 0.2) is 11.4 Å². The van der Waals surface area contributed by atoms with Gasteiger partial charge in [-0.3, -0.25) is 0 Å². The molecular weight excluding hydrogens is 308 g/mol. The zero-order valence-corrected chi connectivity index (χ0v) is 13.1. The van der Waals surface area contributed by atoms with E-state index in [0.717, 1.165) is 24.6 Å². The van der Waals surface area contributed by atoms with Gasteiger partial charge >= 0.3 is 0 Å². The smallest absolute Gasteiger partial charge is 0.261 e. The van der Waals surface area contributed by atoms with Crippen molar-refractivity contribution in [3.8, 4) is 0 Å². The summed E-state index contributed by atoms with van der Waals surface area (Å²) in [6, 6.07) is 0. The van der Waals surface area contributed by atoms with Crippen molar-refractivity contribution in [2.24, 2.45) is 7.05 Å². The number of thioether (sulfide) groups is 1. The topological polar surface area (TPSA) is 67.2 Å². The highest BCUT2D eigenvalue weighted by Crippen LogP contribution is 2.18. The number of hydrogen-bond acceptors (Lipinski definition) is 5. The van der Waals surface area contributed by atoms with Crippen molar-refractivity contribution in [2.75, 3.05) is 37.7 Å². The number of halogens is 1. The minimum Gasteiger partial charge on any atom is -0.324 e. The lowest BCUT2D eigenvalue weighted by atomic mass is 10.5. The van der Waals surface area contributed by atoms with Crippen LogP contribution in [0, 0.1) is 0 Å². The highest BCUT2D eigenvalue weighted by atomic mass is 35.5. The van der Waals surface area contributed by atoms with Gasteiger partial charge in [-0.2, -0.15) is 11.8 Å². The molecule has 1 aromatic heterocycles. The van der Waals surface area contributed by atoms with Crippen molar-refractivity contribution in [2.45, 2.75) is 5.03 Å². The molecule has 0 saturated carbocycles. The van der Waals surface area contributed by atoms with Crippen molar-refractivity contribution in [3.05, 3.63) is 11.5 Å². The molecule has 2 heterocycles. The van der Waals surface area contributed by atoms with Crippen LogP contribution in [0.1, 0.15) is 0 Å². The van der Waals surface area contributed by atoms with Crippen molar-refractivity contribution in [1.82, 2.24) is 19.2 Å². The zero-order chi connectivity index (χ0) is 13.9. The predicted octanol–water partition coefficient (Wildman–Crippen LogP) is 0.401. The maximum atomic E-state index is 12.0. The fourth-order valence-corrected chi connectivity index (χ4v) is 4.23. The van der Waals surface area contributed by atoms with E-state index >= 15 is 0 Å². The molecule has 9 heteroatoms. The van der Waals surface area contributed by atoms with Gasteiger partial charge in [0.25, 0.3) is 10.0 Å². The van der Waals surface area contributed by atoms with Crippen LogP contribution in [0.25, 0.3) is 0 Å². The normalized spacial score (nSPS) is 17.8. The van der Waals surface area contributed by atoms with Gasteiger partial charge in [0.2, 0.25) is 5.03 Å². The van der Waals surface area contributed by atoms with Crippen LogP contribution in [0.4, 0.5) is 0 Å². The third-order valence-corrected chi connectivity index (χ3v) is 5.80. The Labute approximate surface area is 122 Å². The maximum Gasteiger partial charge on any atom is 0.261 e. The summed E-state index contributed by atoms with van der Waals surface area (Å²) in [7, 11) is -1.96. The molecule has 0 spiro atoms. The zero-order valence-electron chi connectivity index (χ0n) is 10.7. The maximum absolute atomic E-state index is 12.0. The fourth-order valence-electron chi connectivity index (χ4n) is 1.81. The van der Waals surface area contributed by atoms with Gasteiger partial charge in [-0.15, -0.1) is 0 Å². The number of sulfonamides is 1. The molecule has 1 N–H and O–H groups in total. The van der Waals surface area contributed by atoms with Gasteiger partial charge in [0.15, 0.2) is 0 Å². The molecule has 1 aliphatic heterocycles. The number of rotatable bonds is 5. The van der Waals surface area contributed by atoms with Crippen LogP contribution < -0.4 is 4.72 Å². The average Bonchev–Trinajstić information content (AvgIpc) is 2.72. The second-order valence-corrected chi connectivity index (χ2v) is 7.57. The first-order chi connectivity index (χ1) is 9.00. The summed E-state index contributed by atoms with van der Waals surface area (Å²) in [5.41, 5.74) is 0. The summed E-state index contributed by atoms with van der Waals surface area (Å²) < 4.78 is 28.0. The molecule has 1 fully saturated rings. The molecule has 0 bridgehead atoms. The van der Waals surface area contributed by atoms with E-state index in [1.54, 1.807) is 7.05 Å². The van der Waals surface area contributed by atoms with Crippen molar-refractivity contribution >= 4 is 33.4 Å². The van der Waals surface area contributed by atoms with Crippen LogP contribution in [0.2, 0.25) is 5.15 Å². The van der Waals surface area contributed by atoms with E-state index in [-0.39, 0.29) is 10.2 Å². The third-order valence-electron chi connectivity index (χ3n) is 2.91. The molecule has 6 nitrogen and oxygen atoms in total. The quantitative estimate of drug-likeness (QED) is 0.849. The second kappa shape index (κ2) is 6.45. The first-order valence-corrected chi connectivity index (χ1v) is 8.99. The summed E-state index contributed by atoms with van der Waals surface area (Å²) >= 11 is 7.82. The molecule has 19 heavy (non-hydrogen) atoms. The van der Waals surface area contributed by atoms with Crippen LogP contribution in [-0.2, 0) is 17.1 Å². The summed E-state index contributed by atoms with van der Waals surface area (Å²) in [5.74, 6) is 2.22. The van der Waals surface area contributed by atoms with Crippen LogP contribution in [0.3, 0.4) is 0 Å². The van der Waals surface area contributed by atoms with Gasteiger partial charge in [-0.25, -0.2) is 18.1 Å². The summed E-state index contributed by atoms with van der Waals surface area (Å²) in [6.07, 6.45) is 1.39. The number of nitrogens with zero attached hydrogens (tertiary/aromatic N) is 3. The Morgan fingerprint density at radius 2 is 2.16 bits per heavy atom. The number of imidazole rings is 1. The Hall–Kier alpha value is -0.280. The van der Waals surface area contributed by atoms with E-state index < -0.39 is 10.0 Å². The lowest BCUT2D eigenvalue weighted by molar-refractivity contribution is 0.307. The SMILES string of the molecule is Cn1cnc(S(=O)(=O)NCCN2CCSCC2)c1Cl. The summed E-state index contributed by atoms with van der Waals surface area (Å²) in [6.45, 7) is 3.11. The molecular formula is C10H17ClN4O2S2. The minimum absolute atomic E-state index is 0.106. The summed E-state index contributed by atoms with van der Waals surface area (Å²) in [4.78, 5) is 6.07. The Kier molecular flexibility index (Phi) is 5.13. The first-order valence-electron chi connectivity index (χ1n) is 5.97. The summed E-state index contributed by atoms with van der Waals surface area (Å²) in [5, 5.41) is 0.0211. The molecule has 2 rings (SSSR count). The highest BCUT2D eigenvalue weighted by molar-refractivity contribution is 7.99. The largest absolute Gasteiger partial charge is 0.324 e. The number of hydrogen-bond donors (Lipinski definition) is 1. The lowest BCUT2D eigenvalue weighted by Gasteiger charge is -2.25. The molecule has 0 unspecified atom stereocenters. The average molecular weight is 325 g/mol. The van der Waals surface area contributed by atoms with E-state index in [1.165, 1.54) is 10.9 Å². The monoisotopic (exact) mass is 324 g/mol. The molecule has 0 radical (unpaired) electrons. The molecule has 0 amide bonds. The molecule has 108 valence electrons. The van der Waals surface area contributed by atoms with Gasteiger partial charge in [0.05, 0.1) is 6.33 Å². The number of aryl methyl sites for hydroxylation is 1. The molecule has 0 aromatic carbocycles. The molecule has 1 aromatic rings. The van der Waals surface area contributed by atoms with E-state index in [4.69, 9.17) is 11.6 Å². The van der Waals surface area contributed by atoms with Crippen molar-refractivity contribution < 1.29 is 8.42 Å². The second-order valence-electron chi connectivity index (χ2n) is 4.30. The van der Waals surface area contributed by atoms with Gasteiger partial charge in [-0.05, 0) is 0 Å². The number of nitrogens with one attached hydrogen (secondary N) is 1. The van der Waals surface area contributed by atoms with Gasteiger partial charge in [-0.1, -0.05) is 11.6 Å². The fraction of sp³-hybridized carbons (Fsp3) is 0.700. The van der Waals surface area contributed by atoms with Gasteiger partial charge in [0, 0.05) is 44.7 Å². The van der Waals surface area contributed by atoms with E-state index in [0.29, 0.717) is 13.1 Å². The lowest BCUT2D eigenvalue weighted by Crippen LogP contribution is -2.39. The Balaban J connectivity index is 1.89. The van der Waals surface area contributed by atoms with E-state index in [9.17, 15) is 8.42 Å². The Bertz CT molecular complexity index is 526. The molecule has 0 atom stereocenters. The third kappa shape index (κ3) is 3.85. The standard InChI is InChI=1S/C10H17ClN4O2S2/c1-14-8-12-10(9(14)11)19(16,17)13-2-3-15-4-6-18-7-5-15/h8,13H,2-7H2,1H3. The Morgan fingerprint density at radius 3 is 2.74 bits per heavy atom. The van der Waals surface area contributed by atoms with Crippen LogP contribution in [-0.4, -0.2) is 60.6 Å². The first kappa shape index (κ1) is 15.1. The number of aromatic nitrogens is 2. The van der Waals surface area contributed by atoms with Crippen LogP contribution in [0.5, 0.6) is 0 Å².